The minimum atomic E-state index is -4.95. The number of benzene rings is 2. The Morgan fingerprint density at radius 1 is 1.00 bits per heavy atom. The first-order chi connectivity index (χ1) is 11.8. The summed E-state index contributed by atoms with van der Waals surface area (Å²) in [4.78, 5) is 0. The monoisotopic (exact) mass is 354 g/mol. The van der Waals surface area contributed by atoms with E-state index in [-0.39, 0.29) is 18.7 Å². The van der Waals surface area contributed by atoms with Crippen molar-refractivity contribution in [1.29, 1.82) is 0 Å². The van der Waals surface area contributed by atoms with Crippen LogP contribution in [0.2, 0.25) is 0 Å². The van der Waals surface area contributed by atoms with Crippen molar-refractivity contribution in [2.45, 2.75) is 32.5 Å². The fourth-order valence-corrected chi connectivity index (χ4v) is 2.95. The van der Waals surface area contributed by atoms with E-state index < -0.39 is 17.9 Å². The van der Waals surface area contributed by atoms with Gasteiger partial charge in [0.1, 0.15) is 5.82 Å². The third-order valence-corrected chi connectivity index (χ3v) is 4.22. The number of alkyl halides is 3. The van der Waals surface area contributed by atoms with Crippen LogP contribution in [-0.4, -0.2) is 6.36 Å². The molecule has 2 aromatic carbocycles. The number of halogens is 5. The molecule has 0 atom stereocenters. The van der Waals surface area contributed by atoms with Gasteiger partial charge in [-0.05, 0) is 59.7 Å². The number of hydrogen-bond donors (Lipinski definition) is 0. The second kappa shape index (κ2) is 6.50. The van der Waals surface area contributed by atoms with Gasteiger partial charge in [-0.15, -0.1) is 13.2 Å². The second-order valence-electron chi connectivity index (χ2n) is 5.88. The predicted molar refractivity (Wildman–Crippen MR) is 84.2 cm³/mol. The zero-order chi connectivity index (χ0) is 18.2. The van der Waals surface area contributed by atoms with E-state index in [1.165, 1.54) is 6.07 Å². The Kier molecular flexibility index (Phi) is 4.54. The first kappa shape index (κ1) is 17.5. The Balaban J connectivity index is 1.89. The summed E-state index contributed by atoms with van der Waals surface area (Å²) in [5, 5.41) is 0. The van der Waals surface area contributed by atoms with Crippen molar-refractivity contribution < 1.29 is 26.7 Å². The standard InChI is InChI=1S/C19H15F5O/c1-2-11-3-6-15(16(20)7-11)13-5-4-12-10-18(25-19(22,23)24)17(21)9-14(12)8-13/h3,5-7,9-10H,2,4,8H2,1H3. The number of fused-ring (bicyclic) bond motifs is 1. The summed E-state index contributed by atoms with van der Waals surface area (Å²) >= 11 is 0. The lowest BCUT2D eigenvalue weighted by molar-refractivity contribution is -0.275. The highest BCUT2D eigenvalue weighted by molar-refractivity contribution is 5.71. The van der Waals surface area contributed by atoms with Gasteiger partial charge in [0.2, 0.25) is 0 Å². The Labute approximate surface area is 141 Å². The maximum atomic E-state index is 14.3. The van der Waals surface area contributed by atoms with Gasteiger partial charge in [-0.2, -0.15) is 0 Å². The SMILES string of the molecule is CCc1ccc(C2=CCc3cc(OC(F)(F)F)c(F)cc3C2)c(F)c1. The molecule has 0 bridgehead atoms. The average molecular weight is 354 g/mol. The Morgan fingerprint density at radius 2 is 1.76 bits per heavy atom. The summed E-state index contributed by atoms with van der Waals surface area (Å²) in [6.45, 7) is 1.92. The molecular formula is C19H15F5O. The summed E-state index contributed by atoms with van der Waals surface area (Å²) in [7, 11) is 0. The van der Waals surface area contributed by atoms with Crippen molar-refractivity contribution in [2.24, 2.45) is 0 Å². The molecule has 1 aliphatic rings. The molecule has 0 amide bonds. The van der Waals surface area contributed by atoms with E-state index in [2.05, 4.69) is 4.74 Å². The van der Waals surface area contributed by atoms with Crippen LogP contribution in [0.3, 0.4) is 0 Å². The maximum Gasteiger partial charge on any atom is 0.573 e. The van der Waals surface area contributed by atoms with Gasteiger partial charge >= 0.3 is 6.36 Å². The fraction of sp³-hybridized carbons (Fsp3) is 0.263. The second-order valence-corrected chi connectivity index (χ2v) is 5.88. The van der Waals surface area contributed by atoms with Gasteiger partial charge in [0.05, 0.1) is 0 Å². The van der Waals surface area contributed by atoms with E-state index in [1.54, 1.807) is 12.1 Å². The molecule has 0 N–H and O–H groups in total. The van der Waals surface area contributed by atoms with Crippen molar-refractivity contribution in [1.82, 2.24) is 0 Å². The van der Waals surface area contributed by atoms with Gasteiger partial charge < -0.3 is 4.74 Å². The summed E-state index contributed by atoms with van der Waals surface area (Å²) in [6, 6.07) is 7.06. The Bertz CT molecular complexity index is 836. The van der Waals surface area contributed by atoms with E-state index in [4.69, 9.17) is 0 Å². The van der Waals surface area contributed by atoms with Crippen molar-refractivity contribution in [3.8, 4) is 5.75 Å². The summed E-state index contributed by atoms with van der Waals surface area (Å²) in [5.74, 6) is -2.28. The van der Waals surface area contributed by atoms with Crippen molar-refractivity contribution in [2.75, 3.05) is 0 Å². The Hall–Kier alpha value is -2.37. The number of ether oxygens (including phenoxy) is 1. The molecule has 0 saturated heterocycles. The molecule has 2 aromatic rings. The van der Waals surface area contributed by atoms with Gasteiger partial charge in [0, 0.05) is 5.56 Å². The van der Waals surface area contributed by atoms with Crippen LogP contribution in [0.4, 0.5) is 22.0 Å². The number of hydrogen-bond acceptors (Lipinski definition) is 1. The van der Waals surface area contributed by atoms with Crippen LogP contribution in [0.1, 0.15) is 29.2 Å². The van der Waals surface area contributed by atoms with E-state index >= 15 is 0 Å². The van der Waals surface area contributed by atoms with Crippen molar-refractivity contribution in [3.05, 3.63) is 70.3 Å². The van der Waals surface area contributed by atoms with Crippen LogP contribution in [0.5, 0.6) is 5.75 Å². The molecule has 0 aromatic heterocycles. The highest BCUT2D eigenvalue weighted by atomic mass is 19.4. The van der Waals surface area contributed by atoms with Gasteiger partial charge in [-0.3, -0.25) is 0 Å². The highest BCUT2D eigenvalue weighted by Gasteiger charge is 2.33. The normalized spacial score (nSPS) is 14.1. The van der Waals surface area contributed by atoms with Crippen LogP contribution in [0, 0.1) is 11.6 Å². The quantitative estimate of drug-likeness (QED) is 0.651. The average Bonchev–Trinajstić information content (AvgIpc) is 2.54. The lowest BCUT2D eigenvalue weighted by Gasteiger charge is -2.20. The molecule has 0 unspecified atom stereocenters. The summed E-state index contributed by atoms with van der Waals surface area (Å²) in [6.07, 6.45) is -1.95. The molecule has 25 heavy (non-hydrogen) atoms. The molecule has 0 saturated carbocycles. The van der Waals surface area contributed by atoms with Gasteiger partial charge in [0.25, 0.3) is 0 Å². The van der Waals surface area contributed by atoms with Gasteiger partial charge in [-0.1, -0.05) is 25.1 Å². The van der Waals surface area contributed by atoms with Crippen LogP contribution in [0.25, 0.3) is 5.57 Å². The lowest BCUT2D eigenvalue weighted by atomic mass is 9.87. The minimum absolute atomic E-state index is 0.251. The molecule has 0 fully saturated rings. The molecule has 1 aliphatic carbocycles. The smallest absolute Gasteiger partial charge is 0.403 e. The van der Waals surface area contributed by atoms with Crippen molar-refractivity contribution >= 4 is 5.57 Å². The fourth-order valence-electron chi connectivity index (χ4n) is 2.95. The molecule has 1 nitrogen and oxygen atoms in total. The van der Waals surface area contributed by atoms with Gasteiger partial charge in [-0.25, -0.2) is 8.78 Å². The molecular weight excluding hydrogens is 339 g/mol. The van der Waals surface area contributed by atoms with E-state index in [9.17, 15) is 22.0 Å². The third-order valence-electron chi connectivity index (χ3n) is 4.22. The first-order valence-corrected chi connectivity index (χ1v) is 7.81. The predicted octanol–water partition coefficient (Wildman–Crippen LogP) is 5.61. The first-order valence-electron chi connectivity index (χ1n) is 7.81. The molecule has 132 valence electrons. The molecule has 0 heterocycles. The zero-order valence-electron chi connectivity index (χ0n) is 13.4. The van der Waals surface area contributed by atoms with Crippen LogP contribution < -0.4 is 4.74 Å². The maximum absolute atomic E-state index is 14.3. The highest BCUT2D eigenvalue weighted by Crippen LogP contribution is 2.34. The minimum Gasteiger partial charge on any atom is -0.403 e. The summed E-state index contributed by atoms with van der Waals surface area (Å²) < 4.78 is 68.8. The topological polar surface area (TPSA) is 9.23 Å². The van der Waals surface area contributed by atoms with Gasteiger partial charge in [0.15, 0.2) is 11.6 Å². The van der Waals surface area contributed by atoms with E-state index in [0.717, 1.165) is 17.7 Å². The Morgan fingerprint density at radius 3 is 2.40 bits per heavy atom. The van der Waals surface area contributed by atoms with Crippen LogP contribution >= 0.6 is 0 Å². The summed E-state index contributed by atoms with van der Waals surface area (Å²) in [5.41, 5.74) is 3.06. The molecule has 3 rings (SSSR count). The van der Waals surface area contributed by atoms with Crippen LogP contribution in [-0.2, 0) is 19.3 Å². The largest absolute Gasteiger partial charge is 0.573 e. The number of rotatable bonds is 3. The molecule has 0 radical (unpaired) electrons. The van der Waals surface area contributed by atoms with Crippen molar-refractivity contribution in [3.63, 3.8) is 0 Å². The molecule has 6 heteroatoms. The van der Waals surface area contributed by atoms with Crippen LogP contribution in [0.15, 0.2) is 36.4 Å². The third kappa shape index (κ3) is 3.83. The number of aryl methyl sites for hydroxylation is 1. The molecule has 0 spiro atoms. The van der Waals surface area contributed by atoms with E-state index in [0.29, 0.717) is 28.7 Å². The molecule has 0 aliphatic heterocycles. The lowest BCUT2D eigenvalue weighted by Crippen LogP contribution is -2.18. The number of allylic oxidation sites excluding steroid dienone is 2. The van der Waals surface area contributed by atoms with E-state index in [1.807, 2.05) is 13.0 Å². The zero-order valence-corrected chi connectivity index (χ0v) is 13.4.